The third-order valence-corrected chi connectivity index (χ3v) is 5.06. The first-order valence-corrected chi connectivity index (χ1v) is 8.15. The van der Waals surface area contributed by atoms with Gasteiger partial charge in [-0.1, -0.05) is 15.9 Å². The molecule has 2 aromatic rings. The van der Waals surface area contributed by atoms with E-state index in [-0.39, 0.29) is 5.56 Å². The predicted molar refractivity (Wildman–Crippen MR) is 79.7 cm³/mol. The summed E-state index contributed by atoms with van der Waals surface area (Å²) in [5, 5.41) is 1.36. The minimum Gasteiger partial charge on any atom is -0.497 e. The van der Waals surface area contributed by atoms with E-state index in [2.05, 4.69) is 15.9 Å². The molecule has 0 aliphatic rings. The number of hydrogen-bond acceptors (Lipinski definition) is 3. The van der Waals surface area contributed by atoms with Gasteiger partial charge in [0.05, 0.1) is 31.6 Å². The van der Waals surface area contributed by atoms with E-state index in [1.54, 1.807) is 36.7 Å². The van der Waals surface area contributed by atoms with Gasteiger partial charge in [-0.15, -0.1) is 8.66 Å². The lowest BCUT2D eigenvalue weighted by atomic mass is 10.2. The van der Waals surface area contributed by atoms with Crippen molar-refractivity contribution in [2.24, 2.45) is 7.05 Å². The number of nitrogens with zero attached hydrogens (tertiary/aromatic N) is 2. The molecule has 0 N–H and O–H groups in total. The lowest BCUT2D eigenvalue weighted by Crippen LogP contribution is -2.18. The van der Waals surface area contributed by atoms with Gasteiger partial charge in [0.2, 0.25) is 0 Å². The number of methoxy groups -OCH3 is 1. The maximum Gasteiger partial charge on any atom is 0.598 e. The molecule has 19 heavy (non-hydrogen) atoms. The number of alkyl halides is 1. The van der Waals surface area contributed by atoms with E-state index in [0.717, 1.165) is 11.8 Å². The molecule has 1 heterocycles. The largest absolute Gasteiger partial charge is 0.598 e. The molecule has 5 nitrogen and oxygen atoms in total. The summed E-state index contributed by atoms with van der Waals surface area (Å²) in [6, 6.07) is 5.26. The van der Waals surface area contributed by atoms with Crippen LogP contribution in [0.5, 0.6) is 5.75 Å². The highest BCUT2D eigenvalue weighted by Gasteiger charge is 2.20. The second-order valence-corrected chi connectivity index (χ2v) is 6.51. The Morgan fingerprint density at radius 3 is 2.79 bits per heavy atom. The van der Waals surface area contributed by atoms with Crippen molar-refractivity contribution in [1.82, 2.24) is 8.66 Å². The summed E-state index contributed by atoms with van der Waals surface area (Å²) in [4.78, 5) is 12.2. The highest BCUT2D eigenvalue weighted by Crippen LogP contribution is 2.23. The fourth-order valence-corrected chi connectivity index (χ4v) is 3.47. The molecule has 0 radical (unpaired) electrons. The Labute approximate surface area is 119 Å². The van der Waals surface area contributed by atoms with Gasteiger partial charge in [-0.25, -0.2) is 0 Å². The van der Waals surface area contributed by atoms with Gasteiger partial charge in [-0.05, 0) is 29.2 Å². The predicted octanol–water partition coefficient (Wildman–Crippen LogP) is 2.88. The van der Waals surface area contributed by atoms with Crippen LogP contribution in [0.2, 0.25) is 0 Å². The van der Waals surface area contributed by atoms with Crippen LogP contribution in [0, 0.1) is 0 Å². The molecular formula is C12H15BrN2O3P+. The standard InChI is InChI=1S/C12H15BrN2O3P/c1-14-12(16)10-8-9(18-2)4-5-11(10)15(19(14)17)7-3-6-13/h4-5,8H,3,6-7H2,1-2H3/q+1. The summed E-state index contributed by atoms with van der Waals surface area (Å²) in [6.45, 7) is 0.636. The number of hydrogen-bond donors (Lipinski definition) is 0. The van der Waals surface area contributed by atoms with Crippen molar-refractivity contribution in [3.05, 3.63) is 28.6 Å². The molecule has 0 bridgehead atoms. The molecule has 0 fully saturated rings. The second-order valence-electron chi connectivity index (χ2n) is 4.13. The van der Waals surface area contributed by atoms with E-state index in [1.165, 1.54) is 4.33 Å². The summed E-state index contributed by atoms with van der Waals surface area (Å²) in [5.74, 6) is 0.623. The molecule has 1 unspecified atom stereocenters. The van der Waals surface area contributed by atoms with Crippen LogP contribution in [-0.2, 0) is 18.2 Å². The smallest absolute Gasteiger partial charge is 0.497 e. The molecule has 0 saturated heterocycles. The second kappa shape index (κ2) is 5.88. The number of benzene rings is 1. The normalized spacial score (nSPS) is 11.8. The SMILES string of the molecule is COc1ccc2c(c1)c(=O)n(C)[p+](=O)n2CCCBr. The minimum absolute atomic E-state index is 0.231. The number of aromatic nitrogens is 2. The van der Waals surface area contributed by atoms with Gasteiger partial charge in [-0.2, -0.15) is 0 Å². The maximum atomic E-state index is 12.3. The Morgan fingerprint density at radius 1 is 1.42 bits per heavy atom. The Kier molecular flexibility index (Phi) is 4.42. The molecule has 0 amide bonds. The van der Waals surface area contributed by atoms with Gasteiger partial charge in [0, 0.05) is 5.33 Å². The molecule has 1 atom stereocenters. The molecule has 102 valence electrons. The van der Waals surface area contributed by atoms with Crippen LogP contribution in [0.3, 0.4) is 0 Å². The van der Waals surface area contributed by atoms with Gasteiger partial charge in [0.15, 0.2) is 0 Å². The van der Waals surface area contributed by atoms with E-state index in [0.29, 0.717) is 23.2 Å². The molecule has 1 aromatic heterocycles. The monoisotopic (exact) mass is 345 g/mol. The summed E-state index contributed by atoms with van der Waals surface area (Å²) in [5.41, 5.74) is 0.482. The quantitative estimate of drug-likeness (QED) is 0.800. The van der Waals surface area contributed by atoms with Crippen molar-refractivity contribution in [1.29, 1.82) is 0 Å². The maximum absolute atomic E-state index is 12.3. The first kappa shape index (κ1) is 14.3. The topological polar surface area (TPSA) is 53.2 Å². The van der Waals surface area contributed by atoms with Crippen molar-refractivity contribution >= 4 is 34.6 Å². The third-order valence-electron chi connectivity index (χ3n) is 2.97. The van der Waals surface area contributed by atoms with Crippen molar-refractivity contribution < 1.29 is 9.30 Å². The van der Waals surface area contributed by atoms with Crippen molar-refractivity contribution in [2.75, 3.05) is 12.4 Å². The summed E-state index contributed by atoms with van der Waals surface area (Å²) in [7, 11) is 1.26. The van der Waals surface area contributed by atoms with E-state index >= 15 is 0 Å². The van der Waals surface area contributed by atoms with Crippen LogP contribution >= 0.6 is 23.7 Å². The first-order chi connectivity index (χ1) is 9.10. The van der Waals surface area contributed by atoms with E-state index in [1.807, 2.05) is 0 Å². The van der Waals surface area contributed by atoms with Crippen LogP contribution in [0.4, 0.5) is 0 Å². The highest BCUT2D eigenvalue weighted by atomic mass is 79.9. The molecule has 0 aliphatic carbocycles. The lowest BCUT2D eigenvalue weighted by Gasteiger charge is -2.05. The van der Waals surface area contributed by atoms with Crippen molar-refractivity contribution in [2.45, 2.75) is 13.0 Å². The Hall–Kier alpha value is -1.13. The van der Waals surface area contributed by atoms with Crippen LogP contribution < -0.4 is 10.3 Å². The molecule has 0 spiro atoms. The number of ether oxygens (including phenoxy) is 1. The number of aryl methyl sites for hydroxylation is 1. The lowest BCUT2D eigenvalue weighted by molar-refractivity contribution is 0.415. The average Bonchev–Trinajstić information content (AvgIpc) is 2.44. The van der Waals surface area contributed by atoms with Crippen LogP contribution in [-0.4, -0.2) is 21.1 Å². The fourth-order valence-electron chi connectivity index (χ4n) is 1.96. The number of fused-ring (bicyclic) bond motifs is 1. The molecule has 0 aliphatic heterocycles. The van der Waals surface area contributed by atoms with Gasteiger partial charge >= 0.3 is 7.73 Å². The molecule has 0 saturated carbocycles. The van der Waals surface area contributed by atoms with Crippen LogP contribution in [0.15, 0.2) is 23.0 Å². The van der Waals surface area contributed by atoms with Gasteiger partial charge in [0.1, 0.15) is 5.75 Å². The zero-order valence-electron chi connectivity index (χ0n) is 10.8. The van der Waals surface area contributed by atoms with Crippen molar-refractivity contribution in [3.8, 4) is 5.75 Å². The van der Waals surface area contributed by atoms with Gasteiger partial charge in [0.25, 0.3) is 5.56 Å². The van der Waals surface area contributed by atoms with Crippen molar-refractivity contribution in [3.63, 3.8) is 0 Å². The molecule has 1 aromatic carbocycles. The van der Waals surface area contributed by atoms with Crippen LogP contribution in [0.25, 0.3) is 10.9 Å². The number of rotatable bonds is 4. The molecule has 7 heteroatoms. The summed E-state index contributed by atoms with van der Waals surface area (Å²) >= 11 is 3.36. The Morgan fingerprint density at radius 2 is 2.16 bits per heavy atom. The first-order valence-electron chi connectivity index (χ1n) is 5.87. The third kappa shape index (κ3) is 2.60. The van der Waals surface area contributed by atoms with Crippen LogP contribution in [0.1, 0.15) is 6.42 Å². The fraction of sp³-hybridized carbons (Fsp3) is 0.417. The average molecular weight is 346 g/mol. The summed E-state index contributed by atoms with van der Waals surface area (Å²) in [6.07, 6.45) is 0.856. The molecular weight excluding hydrogens is 331 g/mol. The summed E-state index contributed by atoms with van der Waals surface area (Å²) < 4.78 is 20.5. The zero-order chi connectivity index (χ0) is 14.0. The Balaban J connectivity index is 2.80. The minimum atomic E-state index is -1.86. The van der Waals surface area contributed by atoms with E-state index in [9.17, 15) is 9.36 Å². The van der Waals surface area contributed by atoms with E-state index in [4.69, 9.17) is 4.74 Å². The van der Waals surface area contributed by atoms with Gasteiger partial charge < -0.3 is 4.74 Å². The molecule has 2 rings (SSSR count). The zero-order valence-corrected chi connectivity index (χ0v) is 13.3. The van der Waals surface area contributed by atoms with Gasteiger partial charge in [-0.3, -0.25) is 4.79 Å². The highest BCUT2D eigenvalue weighted by molar-refractivity contribution is 9.09. The van der Waals surface area contributed by atoms with E-state index < -0.39 is 7.73 Å². The Bertz CT molecular complexity index is 723. The number of halogens is 1.